The summed E-state index contributed by atoms with van der Waals surface area (Å²) in [4.78, 5) is 11.4. The van der Waals surface area contributed by atoms with Gasteiger partial charge in [-0.1, -0.05) is 20.8 Å². The minimum absolute atomic E-state index is 0. The van der Waals surface area contributed by atoms with Crippen LogP contribution in [0.3, 0.4) is 0 Å². The zero-order valence-electron chi connectivity index (χ0n) is 9.36. The normalized spacial score (nSPS) is 15.1. The summed E-state index contributed by atoms with van der Waals surface area (Å²) in [5, 5.41) is 20.0. The molecule has 0 saturated heterocycles. The molecule has 5 N–H and O–H groups in total. The van der Waals surface area contributed by atoms with Gasteiger partial charge in [-0.3, -0.25) is 4.79 Å². The number of amides is 1. The number of hydrogen-bond acceptors (Lipinski definition) is 4. The summed E-state index contributed by atoms with van der Waals surface area (Å²) in [6.45, 7) is 5.24. The van der Waals surface area contributed by atoms with Gasteiger partial charge in [-0.15, -0.1) is 12.4 Å². The highest BCUT2D eigenvalue weighted by Crippen LogP contribution is 2.16. The fourth-order valence-corrected chi connectivity index (χ4v) is 0.786. The Morgan fingerprint density at radius 1 is 1.47 bits per heavy atom. The molecule has 5 nitrogen and oxygen atoms in total. The van der Waals surface area contributed by atoms with Crippen molar-refractivity contribution in [3.8, 4) is 0 Å². The highest BCUT2D eigenvalue weighted by Gasteiger charge is 2.27. The third-order valence-corrected chi connectivity index (χ3v) is 1.94. The molecule has 6 heteroatoms. The number of nitrogens with two attached hydrogens (primary N) is 1. The first-order chi connectivity index (χ1) is 6.29. The molecule has 0 spiro atoms. The van der Waals surface area contributed by atoms with Crippen LogP contribution < -0.4 is 11.1 Å². The Morgan fingerprint density at radius 2 is 1.93 bits per heavy atom. The zero-order chi connectivity index (χ0) is 11.4. The molecule has 2 atom stereocenters. The topological polar surface area (TPSA) is 95.6 Å². The smallest absolute Gasteiger partial charge is 0.237 e. The number of carbonyl (C=O) groups excluding carboxylic acids is 1. The van der Waals surface area contributed by atoms with Gasteiger partial charge in [0, 0.05) is 6.54 Å². The number of carbonyl (C=O) groups is 1. The maximum atomic E-state index is 11.4. The molecule has 0 heterocycles. The molecule has 0 unspecified atom stereocenters. The Hall–Kier alpha value is -0.360. The van der Waals surface area contributed by atoms with Crippen LogP contribution >= 0.6 is 12.4 Å². The Kier molecular flexibility index (Phi) is 7.96. The number of nitrogens with one attached hydrogen (secondary N) is 1. The lowest BCUT2D eigenvalue weighted by atomic mass is 9.87. The number of aliphatic hydroxyl groups is 2. The van der Waals surface area contributed by atoms with Crippen LogP contribution in [0.25, 0.3) is 0 Å². The van der Waals surface area contributed by atoms with Gasteiger partial charge < -0.3 is 21.3 Å². The quantitative estimate of drug-likeness (QED) is 0.520. The largest absolute Gasteiger partial charge is 0.394 e. The number of halogens is 1. The highest BCUT2D eigenvalue weighted by atomic mass is 35.5. The van der Waals surface area contributed by atoms with E-state index in [1.807, 2.05) is 20.8 Å². The lowest BCUT2D eigenvalue weighted by Gasteiger charge is -2.26. The first kappa shape index (κ1) is 17.0. The van der Waals surface area contributed by atoms with Gasteiger partial charge in [0.2, 0.25) is 5.91 Å². The van der Waals surface area contributed by atoms with Crippen molar-refractivity contribution in [2.75, 3.05) is 13.2 Å². The fourth-order valence-electron chi connectivity index (χ4n) is 0.786. The van der Waals surface area contributed by atoms with Crippen molar-refractivity contribution in [2.24, 2.45) is 11.1 Å². The van der Waals surface area contributed by atoms with E-state index in [1.165, 1.54) is 0 Å². The van der Waals surface area contributed by atoms with Crippen LogP contribution in [0.4, 0.5) is 0 Å². The van der Waals surface area contributed by atoms with Gasteiger partial charge in [0.15, 0.2) is 0 Å². The molecule has 92 valence electrons. The van der Waals surface area contributed by atoms with Crippen molar-refractivity contribution in [1.82, 2.24) is 5.32 Å². The van der Waals surface area contributed by atoms with Crippen molar-refractivity contribution in [2.45, 2.75) is 32.9 Å². The average molecular weight is 241 g/mol. The molecule has 15 heavy (non-hydrogen) atoms. The van der Waals surface area contributed by atoms with E-state index in [2.05, 4.69) is 5.32 Å². The second-order valence-corrected chi connectivity index (χ2v) is 4.43. The molecule has 0 bridgehead atoms. The molecule has 0 fully saturated rings. The van der Waals surface area contributed by atoms with Crippen molar-refractivity contribution in [3.05, 3.63) is 0 Å². The van der Waals surface area contributed by atoms with E-state index in [0.29, 0.717) is 0 Å². The summed E-state index contributed by atoms with van der Waals surface area (Å²) in [7, 11) is 0. The lowest BCUT2D eigenvalue weighted by Crippen LogP contribution is -2.50. The maximum absolute atomic E-state index is 11.4. The molecule has 0 aromatic rings. The molecule has 0 rings (SSSR count). The van der Waals surface area contributed by atoms with Gasteiger partial charge in [-0.25, -0.2) is 0 Å². The molecular formula is C9H21ClN2O3. The molecule has 0 aliphatic carbocycles. The molecule has 0 aliphatic heterocycles. The molecule has 0 aliphatic rings. The van der Waals surface area contributed by atoms with Crippen molar-refractivity contribution in [3.63, 3.8) is 0 Å². The minimum atomic E-state index is -0.925. The van der Waals surface area contributed by atoms with Gasteiger partial charge in [-0.2, -0.15) is 0 Å². The SMILES string of the molecule is CC(C)(C)[C@H](N)C(=O)NC[C@@H](O)CO.Cl. The molecule has 0 aromatic carbocycles. The third kappa shape index (κ3) is 6.67. The Bertz CT molecular complexity index is 194. The maximum Gasteiger partial charge on any atom is 0.237 e. The number of rotatable bonds is 4. The van der Waals surface area contributed by atoms with Crippen LogP contribution in [0.5, 0.6) is 0 Å². The Morgan fingerprint density at radius 3 is 2.27 bits per heavy atom. The Labute approximate surface area is 96.5 Å². The van der Waals surface area contributed by atoms with E-state index in [-0.39, 0.29) is 36.9 Å². The van der Waals surface area contributed by atoms with Gasteiger partial charge in [0.1, 0.15) is 0 Å². The summed E-state index contributed by atoms with van der Waals surface area (Å²) >= 11 is 0. The van der Waals surface area contributed by atoms with E-state index >= 15 is 0 Å². The van der Waals surface area contributed by atoms with Crippen LogP contribution in [0.15, 0.2) is 0 Å². The fraction of sp³-hybridized carbons (Fsp3) is 0.889. The predicted molar refractivity (Wildman–Crippen MR) is 60.8 cm³/mol. The number of aliphatic hydroxyl groups excluding tert-OH is 2. The summed E-state index contributed by atoms with van der Waals surface area (Å²) in [5.74, 6) is -0.315. The van der Waals surface area contributed by atoms with Gasteiger partial charge >= 0.3 is 0 Å². The van der Waals surface area contributed by atoms with E-state index in [9.17, 15) is 4.79 Å². The second kappa shape index (κ2) is 7.00. The predicted octanol–water partition coefficient (Wildman–Crippen LogP) is -0.749. The van der Waals surface area contributed by atoms with Crippen LogP contribution in [0.1, 0.15) is 20.8 Å². The van der Waals surface area contributed by atoms with Crippen LogP contribution in [-0.4, -0.2) is 41.4 Å². The standard InChI is InChI=1S/C9H20N2O3.ClH/c1-9(2,3)7(10)8(14)11-4-6(13)5-12;/h6-7,12-13H,4-5,10H2,1-3H3,(H,11,14);1H/t6-,7-;/m1./s1. The van der Waals surface area contributed by atoms with E-state index < -0.39 is 12.1 Å². The van der Waals surface area contributed by atoms with Crippen molar-refractivity contribution in [1.29, 1.82) is 0 Å². The third-order valence-electron chi connectivity index (χ3n) is 1.94. The highest BCUT2D eigenvalue weighted by molar-refractivity contribution is 5.85. The van der Waals surface area contributed by atoms with Crippen molar-refractivity contribution >= 4 is 18.3 Å². The van der Waals surface area contributed by atoms with Crippen LogP contribution in [0, 0.1) is 5.41 Å². The molecule has 1 amide bonds. The van der Waals surface area contributed by atoms with Gasteiger partial charge in [0.05, 0.1) is 18.8 Å². The van der Waals surface area contributed by atoms with Gasteiger partial charge in [-0.05, 0) is 5.41 Å². The first-order valence-electron chi connectivity index (χ1n) is 4.61. The van der Waals surface area contributed by atoms with Gasteiger partial charge in [0.25, 0.3) is 0 Å². The summed E-state index contributed by atoms with van der Waals surface area (Å²) in [5.41, 5.74) is 5.35. The summed E-state index contributed by atoms with van der Waals surface area (Å²) in [6, 6.07) is -0.617. The average Bonchev–Trinajstić information content (AvgIpc) is 2.10. The first-order valence-corrected chi connectivity index (χ1v) is 4.61. The molecule has 0 saturated carbocycles. The van der Waals surface area contributed by atoms with E-state index in [4.69, 9.17) is 15.9 Å². The van der Waals surface area contributed by atoms with E-state index in [0.717, 1.165) is 0 Å². The molecule has 0 aromatic heterocycles. The second-order valence-electron chi connectivity index (χ2n) is 4.43. The zero-order valence-corrected chi connectivity index (χ0v) is 10.2. The molecular weight excluding hydrogens is 220 g/mol. The van der Waals surface area contributed by atoms with Crippen molar-refractivity contribution < 1.29 is 15.0 Å². The summed E-state index contributed by atoms with van der Waals surface area (Å²) < 4.78 is 0. The van der Waals surface area contributed by atoms with E-state index in [1.54, 1.807) is 0 Å². The lowest BCUT2D eigenvalue weighted by molar-refractivity contribution is -0.125. The summed E-state index contributed by atoms with van der Waals surface area (Å²) in [6.07, 6.45) is -0.925. The number of hydrogen-bond donors (Lipinski definition) is 4. The minimum Gasteiger partial charge on any atom is -0.394 e. The molecule has 0 radical (unpaired) electrons. The van der Waals surface area contributed by atoms with Crippen LogP contribution in [0.2, 0.25) is 0 Å². The van der Waals surface area contributed by atoms with Crippen LogP contribution in [-0.2, 0) is 4.79 Å². The Balaban J connectivity index is 0. The monoisotopic (exact) mass is 240 g/mol.